The van der Waals surface area contributed by atoms with Crippen molar-refractivity contribution in [2.24, 2.45) is 0 Å². The first kappa shape index (κ1) is 14.8. The lowest BCUT2D eigenvalue weighted by Crippen LogP contribution is -2.43. The zero-order valence-corrected chi connectivity index (χ0v) is 12.4. The quantitative estimate of drug-likeness (QED) is 0.829. The molecule has 3 rings (SSSR count). The van der Waals surface area contributed by atoms with E-state index in [0.717, 1.165) is 37.0 Å². The fourth-order valence-electron chi connectivity index (χ4n) is 3.03. The van der Waals surface area contributed by atoms with Gasteiger partial charge in [-0.3, -0.25) is 4.55 Å². The number of ether oxygens (including phenoxy) is 2. The van der Waals surface area contributed by atoms with Crippen LogP contribution in [0.5, 0.6) is 5.75 Å². The predicted octanol–water partition coefficient (Wildman–Crippen LogP) is 1.67. The fraction of sp³-hybridized carbons (Fsp3) is 0.571. The molecule has 6 nitrogen and oxygen atoms in total. The third kappa shape index (κ3) is 3.55. The third-order valence-electron chi connectivity index (χ3n) is 3.96. The van der Waals surface area contributed by atoms with Crippen LogP contribution in [0.2, 0.25) is 0 Å². The van der Waals surface area contributed by atoms with E-state index in [1.165, 1.54) is 0 Å². The topological polar surface area (TPSA) is 84.9 Å². The van der Waals surface area contributed by atoms with Crippen molar-refractivity contribution in [1.29, 1.82) is 0 Å². The van der Waals surface area contributed by atoms with Gasteiger partial charge in [0.1, 0.15) is 5.75 Å². The molecule has 1 spiro atoms. The van der Waals surface area contributed by atoms with Gasteiger partial charge < -0.3 is 9.47 Å². The highest BCUT2D eigenvalue weighted by atomic mass is 32.2. The van der Waals surface area contributed by atoms with Crippen LogP contribution in [0.25, 0.3) is 0 Å². The number of fused-ring (bicyclic) bond motifs is 1. The van der Waals surface area contributed by atoms with E-state index < -0.39 is 16.1 Å². The van der Waals surface area contributed by atoms with E-state index in [4.69, 9.17) is 14.0 Å². The summed E-state index contributed by atoms with van der Waals surface area (Å²) in [5.41, 5.74) is 0.989. The molecular weight excluding hydrogens is 294 g/mol. The van der Waals surface area contributed by atoms with Crippen LogP contribution < -0.4 is 9.46 Å². The van der Waals surface area contributed by atoms with Crippen molar-refractivity contribution in [2.75, 3.05) is 6.54 Å². The largest absolute Gasteiger partial charge is 0.462 e. The molecule has 1 aromatic rings. The van der Waals surface area contributed by atoms with Gasteiger partial charge in [-0.25, -0.2) is 0 Å². The molecule has 0 aromatic heterocycles. The number of rotatable bonds is 3. The standard InChI is InChI=1S/C14H19NO5S/c16-21(17,18)15-10-12-9-11-5-1-2-6-13(11)20-14(19-12)7-3-4-8-14/h1-2,5-6,12,15H,3-4,7-10H2,(H,16,17,18). The average molecular weight is 313 g/mol. The lowest BCUT2D eigenvalue weighted by atomic mass is 10.1. The van der Waals surface area contributed by atoms with Gasteiger partial charge in [0, 0.05) is 25.8 Å². The summed E-state index contributed by atoms with van der Waals surface area (Å²) in [6.07, 6.45) is 3.82. The minimum atomic E-state index is -4.22. The summed E-state index contributed by atoms with van der Waals surface area (Å²) < 4.78 is 44.9. The molecule has 21 heavy (non-hydrogen) atoms. The second-order valence-corrected chi connectivity index (χ2v) is 6.83. The van der Waals surface area contributed by atoms with E-state index in [0.29, 0.717) is 6.42 Å². The van der Waals surface area contributed by atoms with Gasteiger partial charge in [0.2, 0.25) is 5.79 Å². The molecule has 1 heterocycles. The Morgan fingerprint density at radius 2 is 2.00 bits per heavy atom. The Morgan fingerprint density at radius 1 is 1.29 bits per heavy atom. The molecule has 2 N–H and O–H groups in total. The lowest BCUT2D eigenvalue weighted by molar-refractivity contribution is -0.198. The molecule has 1 aromatic carbocycles. The first-order valence-corrected chi connectivity index (χ1v) is 8.57. The molecule has 116 valence electrons. The monoisotopic (exact) mass is 313 g/mol. The van der Waals surface area contributed by atoms with Crippen molar-refractivity contribution in [3.05, 3.63) is 29.8 Å². The predicted molar refractivity (Wildman–Crippen MR) is 76.4 cm³/mol. The smallest absolute Gasteiger partial charge is 0.333 e. The highest BCUT2D eigenvalue weighted by Gasteiger charge is 2.42. The Bertz CT molecular complexity index is 610. The molecular formula is C14H19NO5S. The van der Waals surface area contributed by atoms with E-state index >= 15 is 0 Å². The first-order chi connectivity index (χ1) is 9.96. The minimum absolute atomic E-state index is 0.0261. The first-order valence-electron chi connectivity index (χ1n) is 7.13. The van der Waals surface area contributed by atoms with Crippen LogP contribution in [0.3, 0.4) is 0 Å². The number of para-hydroxylation sites is 1. The molecule has 0 saturated heterocycles. The highest BCUT2D eigenvalue weighted by Crippen LogP contribution is 2.40. The average Bonchev–Trinajstić information content (AvgIpc) is 2.78. The van der Waals surface area contributed by atoms with Crippen LogP contribution in [0.4, 0.5) is 0 Å². The maximum Gasteiger partial charge on any atom is 0.333 e. The lowest BCUT2D eigenvalue weighted by Gasteiger charge is -2.31. The maximum absolute atomic E-state index is 10.9. The SMILES string of the molecule is O=S(=O)(O)NCC1Cc2ccccc2OC2(CCCC2)O1. The normalized spacial score (nSPS) is 24.3. The Labute approximate surface area is 124 Å². The van der Waals surface area contributed by atoms with Crippen LogP contribution in [0, 0.1) is 0 Å². The summed E-state index contributed by atoms with van der Waals surface area (Å²) in [5, 5.41) is 0. The maximum atomic E-state index is 10.9. The Balaban J connectivity index is 1.84. The molecule has 0 radical (unpaired) electrons. The van der Waals surface area contributed by atoms with Gasteiger partial charge in [-0.15, -0.1) is 0 Å². The molecule has 2 aliphatic rings. The number of hydrogen-bond donors (Lipinski definition) is 2. The second-order valence-electron chi connectivity index (χ2n) is 5.60. The molecule has 0 amide bonds. The summed E-state index contributed by atoms with van der Waals surface area (Å²) in [5.74, 6) is 0.131. The molecule has 7 heteroatoms. The molecule has 0 bridgehead atoms. The van der Waals surface area contributed by atoms with Gasteiger partial charge in [-0.1, -0.05) is 18.2 Å². The van der Waals surface area contributed by atoms with Gasteiger partial charge in [0.05, 0.1) is 6.10 Å². The molecule has 1 aliphatic heterocycles. The Morgan fingerprint density at radius 3 is 2.71 bits per heavy atom. The number of hydrogen-bond acceptors (Lipinski definition) is 4. The van der Waals surface area contributed by atoms with Gasteiger partial charge in [-0.2, -0.15) is 13.1 Å². The summed E-state index contributed by atoms with van der Waals surface area (Å²) >= 11 is 0. The van der Waals surface area contributed by atoms with Crippen molar-refractivity contribution < 1.29 is 22.4 Å². The molecule has 1 saturated carbocycles. The third-order valence-corrected chi connectivity index (χ3v) is 4.49. The molecule has 1 aliphatic carbocycles. The van der Waals surface area contributed by atoms with Crippen molar-refractivity contribution >= 4 is 10.3 Å². The van der Waals surface area contributed by atoms with Crippen LogP contribution in [-0.4, -0.2) is 31.4 Å². The van der Waals surface area contributed by atoms with Crippen LogP contribution in [0.15, 0.2) is 24.3 Å². The van der Waals surface area contributed by atoms with Crippen molar-refractivity contribution in [2.45, 2.75) is 44.0 Å². The summed E-state index contributed by atoms with van der Waals surface area (Å²) in [6, 6.07) is 7.70. The van der Waals surface area contributed by atoms with Crippen LogP contribution in [-0.2, 0) is 21.5 Å². The number of nitrogens with one attached hydrogen (secondary N) is 1. The number of benzene rings is 1. The summed E-state index contributed by atoms with van der Waals surface area (Å²) in [6.45, 7) is 0.0261. The van der Waals surface area contributed by atoms with Gasteiger partial charge >= 0.3 is 10.3 Å². The van der Waals surface area contributed by atoms with Crippen LogP contribution in [0.1, 0.15) is 31.2 Å². The minimum Gasteiger partial charge on any atom is -0.462 e. The van der Waals surface area contributed by atoms with E-state index in [2.05, 4.69) is 4.72 Å². The zero-order valence-electron chi connectivity index (χ0n) is 11.6. The Hall–Kier alpha value is -1.15. The second kappa shape index (κ2) is 5.57. The molecule has 1 atom stereocenters. The Kier molecular flexibility index (Phi) is 3.92. The fourth-order valence-corrected chi connectivity index (χ4v) is 3.43. The van der Waals surface area contributed by atoms with E-state index in [1.54, 1.807) is 0 Å². The van der Waals surface area contributed by atoms with E-state index in [9.17, 15) is 8.42 Å². The summed E-state index contributed by atoms with van der Waals surface area (Å²) in [4.78, 5) is 0. The van der Waals surface area contributed by atoms with E-state index in [1.807, 2.05) is 24.3 Å². The van der Waals surface area contributed by atoms with Crippen molar-refractivity contribution in [3.8, 4) is 5.75 Å². The van der Waals surface area contributed by atoms with Gasteiger partial charge in [0.25, 0.3) is 0 Å². The van der Waals surface area contributed by atoms with Crippen molar-refractivity contribution in [1.82, 2.24) is 4.72 Å². The van der Waals surface area contributed by atoms with Gasteiger partial charge in [-0.05, 0) is 24.5 Å². The van der Waals surface area contributed by atoms with Crippen LogP contribution >= 0.6 is 0 Å². The highest BCUT2D eigenvalue weighted by molar-refractivity contribution is 7.83. The summed E-state index contributed by atoms with van der Waals surface area (Å²) in [7, 11) is -4.22. The zero-order chi connectivity index (χ0) is 14.9. The van der Waals surface area contributed by atoms with Crippen molar-refractivity contribution in [3.63, 3.8) is 0 Å². The molecule has 1 unspecified atom stereocenters. The molecule has 1 fully saturated rings. The van der Waals surface area contributed by atoms with E-state index in [-0.39, 0.29) is 12.6 Å². The van der Waals surface area contributed by atoms with Gasteiger partial charge in [0.15, 0.2) is 0 Å².